The zero-order chi connectivity index (χ0) is 18.6. The lowest BCUT2D eigenvalue weighted by molar-refractivity contribution is 0.103. The van der Waals surface area contributed by atoms with Gasteiger partial charge in [-0.2, -0.15) is 0 Å². The van der Waals surface area contributed by atoms with Gasteiger partial charge in [0.1, 0.15) is 11.7 Å². The fraction of sp³-hybridized carbons (Fsp3) is 0.211. The second-order valence-corrected chi connectivity index (χ2v) is 8.46. The Bertz CT molecular complexity index is 1170. The van der Waals surface area contributed by atoms with Gasteiger partial charge in [-0.05, 0) is 30.3 Å². The van der Waals surface area contributed by atoms with Gasteiger partial charge >= 0.3 is 0 Å². The summed E-state index contributed by atoms with van der Waals surface area (Å²) in [5, 5.41) is 6.27. The first-order valence-corrected chi connectivity index (χ1v) is 10.2. The van der Waals surface area contributed by atoms with Gasteiger partial charge in [0.25, 0.3) is 0 Å². The summed E-state index contributed by atoms with van der Waals surface area (Å²) in [6, 6.07) is 9.67. The largest absolute Gasteiger partial charge is 0.368 e. The molecule has 0 spiro atoms. The first-order chi connectivity index (χ1) is 13.1. The van der Waals surface area contributed by atoms with Gasteiger partial charge in [0, 0.05) is 35.3 Å². The lowest BCUT2D eigenvalue weighted by Crippen LogP contribution is -2.25. The van der Waals surface area contributed by atoms with Crippen molar-refractivity contribution in [3.8, 4) is 0 Å². The highest BCUT2D eigenvalue weighted by atomic mass is 32.2. The topological polar surface area (TPSA) is 100.0 Å². The van der Waals surface area contributed by atoms with Crippen LogP contribution in [0.1, 0.15) is 27.0 Å². The minimum Gasteiger partial charge on any atom is -0.368 e. The Balaban J connectivity index is 1.66. The number of ketones is 1. The average molecular weight is 380 g/mol. The number of nitrogens with one attached hydrogen (secondary N) is 2. The predicted molar refractivity (Wildman–Crippen MR) is 101 cm³/mol. The maximum absolute atomic E-state index is 13.2. The van der Waals surface area contributed by atoms with Crippen LogP contribution in [-0.4, -0.2) is 52.1 Å². The highest BCUT2D eigenvalue weighted by Crippen LogP contribution is 2.35. The second-order valence-electron chi connectivity index (χ2n) is 6.57. The first-order valence-electron chi connectivity index (χ1n) is 8.71. The molecule has 3 heterocycles. The Labute approximate surface area is 156 Å². The Morgan fingerprint density at radius 2 is 1.41 bits per heavy atom. The quantitative estimate of drug-likeness (QED) is 0.684. The second kappa shape index (κ2) is 5.75. The van der Waals surface area contributed by atoms with Gasteiger partial charge < -0.3 is 10.6 Å². The monoisotopic (exact) mass is 380 g/mol. The van der Waals surface area contributed by atoms with Crippen molar-refractivity contribution in [3.05, 3.63) is 58.7 Å². The van der Waals surface area contributed by atoms with Crippen molar-refractivity contribution >= 4 is 27.3 Å². The normalized spacial score (nSPS) is 19.5. The SMILES string of the molecule is O=C1c2cc(C3=NCCN3)ccc2S(=O)(=O)c2cc(C3=NCCN3)ccc21. The number of fused-ring (bicyclic) bond motifs is 2. The molecule has 0 atom stereocenters. The first kappa shape index (κ1) is 16.2. The van der Waals surface area contributed by atoms with E-state index in [0.29, 0.717) is 30.3 Å². The van der Waals surface area contributed by atoms with Crippen molar-refractivity contribution in [2.24, 2.45) is 9.98 Å². The van der Waals surface area contributed by atoms with Gasteiger partial charge in [0.05, 0.1) is 22.9 Å². The average Bonchev–Trinajstić information content (AvgIpc) is 3.39. The predicted octanol–water partition coefficient (Wildman–Crippen LogP) is 0.763. The van der Waals surface area contributed by atoms with E-state index in [0.717, 1.165) is 18.7 Å². The Hall–Kier alpha value is -3.00. The number of rotatable bonds is 2. The van der Waals surface area contributed by atoms with Crippen LogP contribution in [0.5, 0.6) is 0 Å². The summed E-state index contributed by atoms with van der Waals surface area (Å²) in [4.78, 5) is 21.8. The van der Waals surface area contributed by atoms with Gasteiger partial charge in [-0.15, -0.1) is 0 Å². The van der Waals surface area contributed by atoms with Gasteiger partial charge in [-0.1, -0.05) is 6.07 Å². The van der Waals surface area contributed by atoms with Crippen LogP contribution in [0.2, 0.25) is 0 Å². The van der Waals surface area contributed by atoms with Gasteiger partial charge in [0.2, 0.25) is 9.84 Å². The highest BCUT2D eigenvalue weighted by Gasteiger charge is 2.35. The summed E-state index contributed by atoms with van der Waals surface area (Å²) >= 11 is 0. The Morgan fingerprint density at radius 3 is 2.04 bits per heavy atom. The van der Waals surface area contributed by atoms with Crippen molar-refractivity contribution in [2.45, 2.75) is 9.79 Å². The van der Waals surface area contributed by atoms with Crippen molar-refractivity contribution in [2.75, 3.05) is 26.2 Å². The van der Waals surface area contributed by atoms with E-state index in [1.54, 1.807) is 30.3 Å². The molecule has 3 aliphatic heterocycles. The van der Waals surface area contributed by atoms with Crippen LogP contribution in [0.15, 0.2) is 56.2 Å². The van der Waals surface area contributed by atoms with Crippen molar-refractivity contribution in [1.82, 2.24) is 10.6 Å². The smallest absolute Gasteiger partial charge is 0.208 e. The van der Waals surface area contributed by atoms with E-state index in [9.17, 15) is 13.2 Å². The molecule has 27 heavy (non-hydrogen) atoms. The minimum atomic E-state index is -3.79. The van der Waals surface area contributed by atoms with Crippen LogP contribution in [0.3, 0.4) is 0 Å². The fourth-order valence-corrected chi connectivity index (χ4v) is 5.27. The molecule has 8 heteroatoms. The molecular formula is C19H16N4O3S. The summed E-state index contributed by atoms with van der Waals surface area (Å²) in [7, 11) is -3.79. The molecule has 2 aromatic carbocycles. The lowest BCUT2D eigenvalue weighted by atomic mass is 9.99. The summed E-state index contributed by atoms with van der Waals surface area (Å²) in [5.41, 5.74) is 1.79. The molecular weight excluding hydrogens is 364 g/mol. The molecule has 3 aliphatic rings. The van der Waals surface area contributed by atoms with E-state index < -0.39 is 9.84 Å². The number of carbonyl (C=O) groups excluding carboxylic acids is 1. The van der Waals surface area contributed by atoms with E-state index in [-0.39, 0.29) is 26.7 Å². The zero-order valence-corrected chi connectivity index (χ0v) is 15.1. The molecule has 2 N–H and O–H groups in total. The summed E-state index contributed by atoms with van der Waals surface area (Å²) in [6.07, 6.45) is 0. The van der Waals surface area contributed by atoms with E-state index in [4.69, 9.17) is 0 Å². The molecule has 0 unspecified atom stereocenters. The van der Waals surface area contributed by atoms with Gasteiger partial charge in [0.15, 0.2) is 5.78 Å². The van der Waals surface area contributed by atoms with E-state index in [2.05, 4.69) is 20.6 Å². The molecule has 0 saturated heterocycles. The van der Waals surface area contributed by atoms with E-state index >= 15 is 0 Å². The third-order valence-corrected chi connectivity index (χ3v) is 6.78. The van der Waals surface area contributed by atoms with Crippen LogP contribution < -0.4 is 10.6 Å². The number of sulfone groups is 1. The molecule has 0 amide bonds. The van der Waals surface area contributed by atoms with Gasteiger partial charge in [-0.25, -0.2) is 8.42 Å². The maximum Gasteiger partial charge on any atom is 0.208 e. The number of nitrogens with zero attached hydrogens (tertiary/aromatic N) is 2. The summed E-state index contributed by atoms with van der Waals surface area (Å²) < 4.78 is 26.4. The molecule has 0 fully saturated rings. The van der Waals surface area contributed by atoms with Crippen LogP contribution in [0.4, 0.5) is 0 Å². The van der Waals surface area contributed by atoms with Gasteiger partial charge in [-0.3, -0.25) is 14.8 Å². The maximum atomic E-state index is 13.2. The minimum absolute atomic E-state index is 0.0398. The molecule has 7 nitrogen and oxygen atoms in total. The number of amidine groups is 2. The van der Waals surface area contributed by atoms with Crippen LogP contribution in [0, 0.1) is 0 Å². The Morgan fingerprint density at radius 1 is 0.778 bits per heavy atom. The summed E-state index contributed by atoms with van der Waals surface area (Å²) in [6.45, 7) is 2.79. The molecule has 0 saturated carbocycles. The van der Waals surface area contributed by atoms with Crippen LogP contribution in [-0.2, 0) is 9.84 Å². The van der Waals surface area contributed by atoms with Crippen molar-refractivity contribution in [1.29, 1.82) is 0 Å². The third-order valence-electron chi connectivity index (χ3n) is 4.92. The number of aliphatic imine (C=N–C) groups is 2. The van der Waals surface area contributed by atoms with Crippen LogP contribution in [0.25, 0.3) is 0 Å². The highest BCUT2D eigenvalue weighted by molar-refractivity contribution is 7.91. The Kier molecular flexibility index (Phi) is 3.45. The third kappa shape index (κ3) is 2.40. The molecule has 0 radical (unpaired) electrons. The molecule has 2 aromatic rings. The fourth-order valence-electron chi connectivity index (χ4n) is 3.61. The number of carbonyl (C=O) groups is 1. The number of hydrogen-bond donors (Lipinski definition) is 2. The molecule has 0 aromatic heterocycles. The number of benzene rings is 2. The molecule has 0 bridgehead atoms. The number of hydrogen-bond acceptors (Lipinski definition) is 7. The van der Waals surface area contributed by atoms with E-state index in [1.165, 1.54) is 6.07 Å². The standard InChI is InChI=1S/C19H16N4O3S/c24-17-13-3-1-12(19-22-7-8-23-19)10-16(13)27(25,26)15-4-2-11(9-14(15)17)18-20-5-6-21-18/h1-4,9-10H,5-8H2,(H,20,21)(H,22,23). The molecule has 5 rings (SSSR count). The van der Waals surface area contributed by atoms with Crippen molar-refractivity contribution < 1.29 is 13.2 Å². The molecule has 136 valence electrons. The zero-order valence-electron chi connectivity index (χ0n) is 14.3. The van der Waals surface area contributed by atoms with Crippen LogP contribution >= 0.6 is 0 Å². The van der Waals surface area contributed by atoms with E-state index in [1.807, 2.05) is 0 Å². The lowest BCUT2D eigenvalue weighted by Gasteiger charge is -2.20. The molecule has 0 aliphatic carbocycles. The van der Waals surface area contributed by atoms with Crippen molar-refractivity contribution in [3.63, 3.8) is 0 Å². The summed E-state index contributed by atoms with van der Waals surface area (Å²) in [5.74, 6) is 1.06.